The number of halogens is 3. The Morgan fingerprint density at radius 2 is 1.75 bits per heavy atom. The first-order valence-electron chi connectivity index (χ1n) is 8.25. The normalized spacial score (nSPS) is 37.6. The van der Waals surface area contributed by atoms with Gasteiger partial charge in [0.1, 0.15) is 0 Å². The van der Waals surface area contributed by atoms with E-state index in [9.17, 15) is 13.2 Å². The first-order chi connectivity index (χ1) is 9.43. The molecule has 0 aromatic heterocycles. The molecule has 0 spiro atoms. The molecular weight excluding hydrogens is 263 g/mol. The highest BCUT2D eigenvalue weighted by atomic mass is 19.4. The van der Waals surface area contributed by atoms with Crippen LogP contribution in [0.15, 0.2) is 0 Å². The lowest BCUT2D eigenvalue weighted by molar-refractivity contribution is -0.187. The Labute approximate surface area is 120 Å². The molecule has 2 fully saturated rings. The highest BCUT2D eigenvalue weighted by Crippen LogP contribution is 2.44. The van der Waals surface area contributed by atoms with Crippen molar-refractivity contribution < 1.29 is 13.2 Å². The van der Waals surface area contributed by atoms with Crippen molar-refractivity contribution in [2.24, 2.45) is 29.4 Å². The molecule has 2 rings (SSSR count). The number of alkyl halides is 3. The Balaban J connectivity index is 1.98. The Morgan fingerprint density at radius 1 is 1.05 bits per heavy atom. The van der Waals surface area contributed by atoms with Gasteiger partial charge in [-0.2, -0.15) is 13.2 Å². The molecule has 0 bridgehead atoms. The minimum Gasteiger partial charge on any atom is -0.327 e. The van der Waals surface area contributed by atoms with Gasteiger partial charge in [0, 0.05) is 6.04 Å². The van der Waals surface area contributed by atoms with Crippen LogP contribution in [0.25, 0.3) is 0 Å². The maximum absolute atomic E-state index is 12.9. The summed E-state index contributed by atoms with van der Waals surface area (Å²) in [6, 6.07) is -0.0228. The van der Waals surface area contributed by atoms with Gasteiger partial charge in [-0.3, -0.25) is 0 Å². The smallest absolute Gasteiger partial charge is 0.327 e. The van der Waals surface area contributed by atoms with Gasteiger partial charge in [0.2, 0.25) is 0 Å². The van der Waals surface area contributed by atoms with Crippen molar-refractivity contribution >= 4 is 0 Å². The molecule has 0 aromatic rings. The van der Waals surface area contributed by atoms with Gasteiger partial charge in [-0.1, -0.05) is 39.0 Å². The predicted molar refractivity (Wildman–Crippen MR) is 75.2 cm³/mol. The topological polar surface area (TPSA) is 26.0 Å². The Morgan fingerprint density at radius 3 is 2.40 bits per heavy atom. The van der Waals surface area contributed by atoms with Crippen LogP contribution in [0.3, 0.4) is 0 Å². The minimum atomic E-state index is -4.03. The van der Waals surface area contributed by atoms with Crippen molar-refractivity contribution in [3.05, 3.63) is 0 Å². The molecule has 4 heteroatoms. The summed E-state index contributed by atoms with van der Waals surface area (Å²) in [6.45, 7) is 2.19. The third kappa shape index (κ3) is 3.69. The Hall–Kier alpha value is -0.250. The molecule has 20 heavy (non-hydrogen) atoms. The Bertz CT molecular complexity index is 303. The largest absolute Gasteiger partial charge is 0.391 e. The molecule has 1 nitrogen and oxygen atoms in total. The van der Waals surface area contributed by atoms with E-state index in [0.717, 1.165) is 19.3 Å². The van der Waals surface area contributed by atoms with Gasteiger partial charge in [0.15, 0.2) is 0 Å². The summed E-state index contributed by atoms with van der Waals surface area (Å²) < 4.78 is 38.8. The Kier molecular flexibility index (Phi) is 5.38. The second-order valence-corrected chi connectivity index (χ2v) is 6.86. The molecule has 2 N–H and O–H groups in total. The van der Waals surface area contributed by atoms with E-state index in [1.165, 1.54) is 19.3 Å². The van der Waals surface area contributed by atoms with Gasteiger partial charge < -0.3 is 5.73 Å². The number of rotatable bonds is 3. The van der Waals surface area contributed by atoms with E-state index in [1.54, 1.807) is 0 Å². The van der Waals surface area contributed by atoms with Crippen LogP contribution in [0, 0.1) is 23.7 Å². The van der Waals surface area contributed by atoms with E-state index in [2.05, 4.69) is 6.92 Å². The molecule has 0 aliphatic heterocycles. The third-order valence-electron chi connectivity index (χ3n) is 5.71. The van der Waals surface area contributed by atoms with Gasteiger partial charge in [0.25, 0.3) is 0 Å². The van der Waals surface area contributed by atoms with E-state index in [-0.39, 0.29) is 18.4 Å². The van der Waals surface area contributed by atoms with Gasteiger partial charge in [-0.05, 0) is 43.4 Å². The second kappa shape index (κ2) is 6.67. The molecule has 2 aliphatic rings. The van der Waals surface area contributed by atoms with Gasteiger partial charge in [0.05, 0.1) is 5.92 Å². The molecule has 2 saturated carbocycles. The fourth-order valence-electron chi connectivity index (χ4n) is 4.47. The molecule has 118 valence electrons. The van der Waals surface area contributed by atoms with Crippen LogP contribution in [0.5, 0.6) is 0 Å². The fourth-order valence-corrected chi connectivity index (χ4v) is 4.47. The number of nitrogens with two attached hydrogens (primary N) is 1. The maximum atomic E-state index is 12.9. The van der Waals surface area contributed by atoms with E-state index < -0.39 is 12.1 Å². The lowest BCUT2D eigenvalue weighted by atomic mass is 9.67. The molecule has 2 aliphatic carbocycles. The van der Waals surface area contributed by atoms with Crippen LogP contribution < -0.4 is 5.73 Å². The zero-order chi connectivity index (χ0) is 14.8. The maximum Gasteiger partial charge on any atom is 0.391 e. The first-order valence-corrected chi connectivity index (χ1v) is 8.25. The SMILES string of the molecule is CCC1CCCCC1C(N)C1CCCC(C(F)(F)F)C1. The molecule has 0 aromatic carbocycles. The van der Waals surface area contributed by atoms with Crippen molar-refractivity contribution in [2.45, 2.75) is 76.9 Å². The number of hydrogen-bond acceptors (Lipinski definition) is 1. The zero-order valence-electron chi connectivity index (χ0n) is 12.5. The minimum absolute atomic E-state index is 0.0228. The van der Waals surface area contributed by atoms with Crippen LogP contribution in [-0.4, -0.2) is 12.2 Å². The summed E-state index contributed by atoms with van der Waals surface area (Å²) in [4.78, 5) is 0. The molecular formula is C16H28F3N. The van der Waals surface area contributed by atoms with Gasteiger partial charge >= 0.3 is 6.18 Å². The summed E-state index contributed by atoms with van der Waals surface area (Å²) in [5.41, 5.74) is 6.43. The molecule has 0 radical (unpaired) electrons. The number of hydrogen-bond donors (Lipinski definition) is 1. The lowest BCUT2D eigenvalue weighted by Crippen LogP contribution is -2.45. The fraction of sp³-hybridized carbons (Fsp3) is 1.00. The van der Waals surface area contributed by atoms with Crippen molar-refractivity contribution in [2.75, 3.05) is 0 Å². The van der Waals surface area contributed by atoms with Crippen molar-refractivity contribution in [3.63, 3.8) is 0 Å². The van der Waals surface area contributed by atoms with E-state index in [1.807, 2.05) is 0 Å². The van der Waals surface area contributed by atoms with Crippen LogP contribution >= 0.6 is 0 Å². The molecule has 0 saturated heterocycles. The van der Waals surface area contributed by atoms with Gasteiger partial charge in [-0.15, -0.1) is 0 Å². The van der Waals surface area contributed by atoms with E-state index in [0.29, 0.717) is 24.7 Å². The summed E-state index contributed by atoms with van der Waals surface area (Å²) in [5.74, 6) is 0.0410. The summed E-state index contributed by atoms with van der Waals surface area (Å²) in [7, 11) is 0. The van der Waals surface area contributed by atoms with Gasteiger partial charge in [-0.25, -0.2) is 0 Å². The first kappa shape index (κ1) is 16.1. The summed E-state index contributed by atoms with van der Waals surface area (Å²) in [5, 5.41) is 0. The summed E-state index contributed by atoms with van der Waals surface area (Å²) >= 11 is 0. The van der Waals surface area contributed by atoms with Crippen LogP contribution in [0.1, 0.15) is 64.7 Å². The quantitative estimate of drug-likeness (QED) is 0.786. The highest BCUT2D eigenvalue weighted by Gasteiger charge is 2.44. The molecule has 5 unspecified atom stereocenters. The standard InChI is InChI=1S/C16H28F3N/c1-2-11-6-3-4-9-14(11)15(20)12-7-5-8-13(10-12)16(17,18)19/h11-15H,2-10,20H2,1H3. The lowest BCUT2D eigenvalue weighted by Gasteiger charge is -2.41. The monoisotopic (exact) mass is 291 g/mol. The predicted octanol–water partition coefficient (Wildman–Crippen LogP) is 4.90. The van der Waals surface area contributed by atoms with Crippen LogP contribution in [0.4, 0.5) is 13.2 Å². The van der Waals surface area contributed by atoms with Crippen LogP contribution in [-0.2, 0) is 0 Å². The van der Waals surface area contributed by atoms with Crippen molar-refractivity contribution in [1.82, 2.24) is 0 Å². The molecule has 0 heterocycles. The molecule has 5 atom stereocenters. The molecule has 0 amide bonds. The second-order valence-electron chi connectivity index (χ2n) is 6.86. The average molecular weight is 291 g/mol. The van der Waals surface area contributed by atoms with E-state index >= 15 is 0 Å². The van der Waals surface area contributed by atoms with Crippen LogP contribution in [0.2, 0.25) is 0 Å². The zero-order valence-corrected chi connectivity index (χ0v) is 12.5. The van der Waals surface area contributed by atoms with Crippen molar-refractivity contribution in [3.8, 4) is 0 Å². The van der Waals surface area contributed by atoms with E-state index in [4.69, 9.17) is 5.73 Å². The third-order valence-corrected chi connectivity index (χ3v) is 5.71. The highest BCUT2D eigenvalue weighted by molar-refractivity contribution is 4.90. The average Bonchev–Trinajstić information content (AvgIpc) is 2.45. The summed E-state index contributed by atoms with van der Waals surface area (Å²) in [6.07, 6.45) is 4.01. The van der Waals surface area contributed by atoms with Crippen molar-refractivity contribution in [1.29, 1.82) is 0 Å².